The van der Waals surface area contributed by atoms with Crippen LogP contribution in [0, 0.1) is 11.3 Å². The van der Waals surface area contributed by atoms with Crippen molar-refractivity contribution in [3.63, 3.8) is 0 Å². The number of nitrogens with zero attached hydrogens (tertiary/aromatic N) is 1. The molecule has 0 heterocycles. The molecule has 4 nitrogen and oxygen atoms in total. The number of ether oxygens (including phenoxy) is 1. The largest absolute Gasteiger partial charge is 0.497 e. The Balaban J connectivity index is 1.93. The number of nitriles is 1. The second kappa shape index (κ2) is 7.48. The minimum atomic E-state index is -0.207. The Bertz CT molecular complexity index is 723. The van der Waals surface area contributed by atoms with Gasteiger partial charge in [0.1, 0.15) is 5.75 Å². The molecule has 0 aromatic heterocycles. The maximum absolute atomic E-state index is 12.0. The van der Waals surface area contributed by atoms with Gasteiger partial charge in [0, 0.05) is 17.1 Å². The van der Waals surface area contributed by atoms with Crippen LogP contribution in [0.25, 0.3) is 0 Å². The summed E-state index contributed by atoms with van der Waals surface area (Å²) in [5.41, 5.74) is 1.87. The third kappa shape index (κ3) is 4.00. The van der Waals surface area contributed by atoms with Gasteiger partial charge >= 0.3 is 0 Å². The van der Waals surface area contributed by atoms with Crippen LogP contribution in [0.5, 0.6) is 5.75 Å². The van der Waals surface area contributed by atoms with E-state index in [0.29, 0.717) is 34.9 Å². The van der Waals surface area contributed by atoms with Crippen molar-refractivity contribution in [2.75, 3.05) is 13.7 Å². The predicted octanol–water partition coefficient (Wildman–Crippen LogP) is 3.19. The fourth-order valence-corrected chi connectivity index (χ4v) is 2.27. The van der Waals surface area contributed by atoms with E-state index in [0.717, 1.165) is 5.56 Å². The molecule has 1 N–H and O–H groups in total. The van der Waals surface area contributed by atoms with Crippen molar-refractivity contribution in [3.05, 3.63) is 64.2 Å². The van der Waals surface area contributed by atoms with E-state index in [1.165, 1.54) is 0 Å². The minimum absolute atomic E-state index is 0.207. The van der Waals surface area contributed by atoms with E-state index in [-0.39, 0.29) is 5.91 Å². The van der Waals surface area contributed by atoms with Crippen molar-refractivity contribution in [2.45, 2.75) is 6.42 Å². The Morgan fingerprint density at radius 2 is 2.14 bits per heavy atom. The first-order chi connectivity index (χ1) is 10.6. The molecule has 1 amide bonds. The number of halogens is 1. The molecule has 0 atom stereocenters. The number of rotatable bonds is 5. The quantitative estimate of drug-likeness (QED) is 0.922. The summed E-state index contributed by atoms with van der Waals surface area (Å²) in [6, 6.07) is 14.1. The molecule has 0 radical (unpaired) electrons. The summed E-state index contributed by atoms with van der Waals surface area (Å²) in [5.74, 6) is 0.493. The van der Waals surface area contributed by atoms with Gasteiger partial charge < -0.3 is 10.1 Å². The first-order valence-corrected chi connectivity index (χ1v) is 7.12. The van der Waals surface area contributed by atoms with Gasteiger partial charge in [0.2, 0.25) is 0 Å². The summed E-state index contributed by atoms with van der Waals surface area (Å²) < 4.78 is 5.09. The number of hydrogen-bond acceptors (Lipinski definition) is 3. The summed E-state index contributed by atoms with van der Waals surface area (Å²) >= 11 is 6.15. The molecular formula is C17H15ClN2O2. The lowest BCUT2D eigenvalue weighted by molar-refractivity contribution is 0.0954. The zero-order chi connectivity index (χ0) is 15.9. The van der Waals surface area contributed by atoms with Crippen molar-refractivity contribution in [3.8, 4) is 11.8 Å². The van der Waals surface area contributed by atoms with Crippen molar-refractivity contribution in [1.82, 2.24) is 5.32 Å². The minimum Gasteiger partial charge on any atom is -0.497 e. The van der Waals surface area contributed by atoms with Crippen molar-refractivity contribution in [2.24, 2.45) is 0 Å². The molecule has 0 bridgehead atoms. The third-order valence-corrected chi connectivity index (χ3v) is 3.55. The first-order valence-electron chi connectivity index (χ1n) is 6.75. The summed E-state index contributed by atoms with van der Waals surface area (Å²) in [5, 5.41) is 12.3. The summed E-state index contributed by atoms with van der Waals surface area (Å²) in [6.45, 7) is 0.460. The fraction of sp³-hybridized carbons (Fsp3) is 0.176. The summed E-state index contributed by atoms with van der Waals surface area (Å²) in [7, 11) is 1.58. The lowest BCUT2D eigenvalue weighted by Crippen LogP contribution is -2.25. The van der Waals surface area contributed by atoms with Crippen LogP contribution in [-0.4, -0.2) is 19.6 Å². The standard InChI is InChI=1S/C17H15ClN2O2/c1-22-15-6-5-13(16(18)10-15)7-8-20-17(21)14-4-2-3-12(9-14)11-19/h2-6,9-10H,7-8H2,1H3,(H,20,21). The van der Waals surface area contributed by atoms with Gasteiger partial charge in [0.15, 0.2) is 0 Å². The Kier molecular flexibility index (Phi) is 5.40. The number of methoxy groups -OCH3 is 1. The Hall–Kier alpha value is -2.51. The van der Waals surface area contributed by atoms with Gasteiger partial charge in [-0.1, -0.05) is 23.7 Å². The van der Waals surface area contributed by atoms with Gasteiger partial charge in [-0.15, -0.1) is 0 Å². The molecule has 2 aromatic carbocycles. The molecule has 0 saturated heterocycles. The summed E-state index contributed by atoms with van der Waals surface area (Å²) in [4.78, 5) is 12.0. The van der Waals surface area contributed by atoms with Crippen LogP contribution >= 0.6 is 11.6 Å². The van der Waals surface area contributed by atoms with E-state index >= 15 is 0 Å². The highest BCUT2D eigenvalue weighted by molar-refractivity contribution is 6.31. The molecule has 0 aliphatic heterocycles. The number of benzene rings is 2. The Morgan fingerprint density at radius 1 is 1.32 bits per heavy atom. The number of nitrogens with one attached hydrogen (secondary N) is 1. The molecule has 0 saturated carbocycles. The molecule has 0 aliphatic carbocycles. The Morgan fingerprint density at radius 3 is 2.82 bits per heavy atom. The molecule has 2 rings (SSSR count). The van der Waals surface area contributed by atoms with Gasteiger partial charge in [-0.25, -0.2) is 0 Å². The van der Waals surface area contributed by atoms with Gasteiger partial charge in [-0.05, 0) is 42.3 Å². The number of carbonyl (C=O) groups excluding carboxylic acids is 1. The van der Waals surface area contributed by atoms with E-state index in [9.17, 15) is 4.79 Å². The predicted molar refractivity (Wildman–Crippen MR) is 85.2 cm³/mol. The molecule has 0 fully saturated rings. The van der Waals surface area contributed by atoms with Gasteiger partial charge in [-0.2, -0.15) is 5.26 Å². The average molecular weight is 315 g/mol. The molecule has 5 heteroatoms. The van der Waals surface area contributed by atoms with Crippen molar-refractivity contribution < 1.29 is 9.53 Å². The lowest BCUT2D eigenvalue weighted by atomic mass is 10.1. The zero-order valence-corrected chi connectivity index (χ0v) is 12.9. The van der Waals surface area contributed by atoms with Gasteiger partial charge in [-0.3, -0.25) is 4.79 Å². The van der Waals surface area contributed by atoms with E-state index in [4.69, 9.17) is 21.6 Å². The topological polar surface area (TPSA) is 62.1 Å². The maximum atomic E-state index is 12.0. The van der Waals surface area contributed by atoms with Gasteiger partial charge in [0.05, 0.1) is 18.7 Å². The fourth-order valence-electron chi connectivity index (χ4n) is 2.00. The highest BCUT2D eigenvalue weighted by Gasteiger charge is 2.07. The lowest BCUT2D eigenvalue weighted by Gasteiger charge is -2.08. The van der Waals surface area contributed by atoms with Crippen LogP contribution in [0.2, 0.25) is 5.02 Å². The van der Waals surface area contributed by atoms with E-state index < -0.39 is 0 Å². The molecule has 0 unspecified atom stereocenters. The van der Waals surface area contributed by atoms with Gasteiger partial charge in [0.25, 0.3) is 5.91 Å². The van der Waals surface area contributed by atoms with E-state index in [1.807, 2.05) is 18.2 Å². The molecule has 0 spiro atoms. The molecule has 0 aliphatic rings. The van der Waals surface area contributed by atoms with Crippen molar-refractivity contribution >= 4 is 17.5 Å². The third-order valence-electron chi connectivity index (χ3n) is 3.19. The number of amides is 1. The average Bonchev–Trinajstić information content (AvgIpc) is 2.56. The normalized spacial score (nSPS) is 9.86. The van der Waals surface area contributed by atoms with Crippen LogP contribution in [0.4, 0.5) is 0 Å². The highest BCUT2D eigenvalue weighted by Crippen LogP contribution is 2.22. The first kappa shape index (κ1) is 15.9. The van der Waals surface area contributed by atoms with Crippen LogP contribution in [-0.2, 0) is 6.42 Å². The SMILES string of the molecule is COc1ccc(CCNC(=O)c2cccc(C#N)c2)c(Cl)c1. The maximum Gasteiger partial charge on any atom is 0.251 e. The van der Waals surface area contributed by atoms with Crippen LogP contribution in [0.15, 0.2) is 42.5 Å². The highest BCUT2D eigenvalue weighted by atomic mass is 35.5. The zero-order valence-electron chi connectivity index (χ0n) is 12.1. The second-order valence-corrected chi connectivity index (χ2v) is 5.06. The summed E-state index contributed by atoms with van der Waals surface area (Å²) in [6.07, 6.45) is 0.618. The monoisotopic (exact) mass is 314 g/mol. The van der Waals surface area contributed by atoms with Crippen molar-refractivity contribution in [1.29, 1.82) is 5.26 Å². The molecule has 22 heavy (non-hydrogen) atoms. The second-order valence-electron chi connectivity index (χ2n) is 4.66. The number of carbonyl (C=O) groups is 1. The number of hydrogen-bond donors (Lipinski definition) is 1. The Labute approximate surface area is 134 Å². The van der Waals surface area contributed by atoms with Crippen LogP contribution in [0.1, 0.15) is 21.5 Å². The molecule has 112 valence electrons. The smallest absolute Gasteiger partial charge is 0.251 e. The molecule has 2 aromatic rings. The van der Waals surface area contributed by atoms with E-state index in [2.05, 4.69) is 5.32 Å². The van der Waals surface area contributed by atoms with E-state index in [1.54, 1.807) is 37.4 Å². The van der Waals surface area contributed by atoms with Crippen LogP contribution in [0.3, 0.4) is 0 Å². The van der Waals surface area contributed by atoms with Crippen LogP contribution < -0.4 is 10.1 Å². The molecular weight excluding hydrogens is 300 g/mol.